The third kappa shape index (κ3) is 3.81. The van der Waals surface area contributed by atoms with Crippen LogP contribution in [0.3, 0.4) is 0 Å². The van der Waals surface area contributed by atoms with Gasteiger partial charge in [0.2, 0.25) is 5.91 Å². The first-order valence-corrected chi connectivity index (χ1v) is 9.52. The molecule has 30 heavy (non-hydrogen) atoms. The molecular formula is C22H18F4N2O2. The summed E-state index contributed by atoms with van der Waals surface area (Å²) >= 11 is 0. The summed E-state index contributed by atoms with van der Waals surface area (Å²) in [5.41, 5.74) is -1.26. The first kappa shape index (κ1) is 20.1. The highest BCUT2D eigenvalue weighted by Gasteiger charge is 2.34. The summed E-state index contributed by atoms with van der Waals surface area (Å²) in [7, 11) is 0. The first-order valence-electron chi connectivity index (χ1n) is 9.52. The van der Waals surface area contributed by atoms with E-state index in [1.54, 1.807) is 23.1 Å². The molecule has 0 aliphatic carbocycles. The van der Waals surface area contributed by atoms with E-state index in [9.17, 15) is 27.2 Å². The standard InChI is InChI=1S/C22H18F4N2O2/c23-19-6-5-16(12-18(19)22(24,25)26)15-4-3-14-7-10-28(21(30)17(14)11-15)13-20(29)27-8-1-2-9-27/h3-7,10-12H,1-2,8-9,13H2. The van der Waals surface area contributed by atoms with Crippen molar-refractivity contribution in [1.29, 1.82) is 0 Å². The zero-order valence-electron chi connectivity index (χ0n) is 15.9. The molecule has 0 unspecified atom stereocenters. The van der Waals surface area contributed by atoms with Gasteiger partial charge in [-0.2, -0.15) is 13.2 Å². The lowest BCUT2D eigenvalue weighted by Gasteiger charge is -2.16. The number of halogens is 4. The van der Waals surface area contributed by atoms with Gasteiger partial charge in [-0.3, -0.25) is 9.59 Å². The number of alkyl halides is 3. The van der Waals surface area contributed by atoms with Gasteiger partial charge in [-0.25, -0.2) is 4.39 Å². The van der Waals surface area contributed by atoms with Gasteiger partial charge in [-0.05, 0) is 53.6 Å². The van der Waals surface area contributed by atoms with Crippen LogP contribution >= 0.6 is 0 Å². The third-order valence-electron chi connectivity index (χ3n) is 5.35. The van der Waals surface area contributed by atoms with Gasteiger partial charge in [0.1, 0.15) is 12.4 Å². The van der Waals surface area contributed by atoms with Gasteiger partial charge in [0.15, 0.2) is 0 Å². The molecular weight excluding hydrogens is 400 g/mol. The van der Waals surface area contributed by atoms with Crippen molar-refractivity contribution in [2.75, 3.05) is 13.1 Å². The van der Waals surface area contributed by atoms with E-state index in [0.29, 0.717) is 24.0 Å². The Morgan fingerprint density at radius 2 is 1.63 bits per heavy atom. The van der Waals surface area contributed by atoms with Crippen molar-refractivity contribution in [2.24, 2.45) is 0 Å². The van der Waals surface area contributed by atoms with Gasteiger partial charge in [0.25, 0.3) is 5.56 Å². The van der Waals surface area contributed by atoms with Crippen LogP contribution in [0, 0.1) is 5.82 Å². The van der Waals surface area contributed by atoms with E-state index in [4.69, 9.17) is 0 Å². The molecule has 0 radical (unpaired) electrons. The van der Waals surface area contributed by atoms with E-state index in [0.717, 1.165) is 25.0 Å². The van der Waals surface area contributed by atoms with Crippen molar-refractivity contribution in [2.45, 2.75) is 25.6 Å². The van der Waals surface area contributed by atoms with Crippen molar-refractivity contribution in [3.63, 3.8) is 0 Å². The van der Waals surface area contributed by atoms with E-state index in [2.05, 4.69) is 0 Å². The molecule has 1 aromatic heterocycles. The van der Waals surface area contributed by atoms with E-state index in [-0.39, 0.29) is 23.4 Å². The highest BCUT2D eigenvalue weighted by atomic mass is 19.4. The molecule has 0 spiro atoms. The lowest BCUT2D eigenvalue weighted by Crippen LogP contribution is -2.34. The molecule has 4 nitrogen and oxygen atoms in total. The number of benzene rings is 2. The number of carbonyl (C=O) groups is 1. The third-order valence-corrected chi connectivity index (χ3v) is 5.35. The molecule has 2 heterocycles. The van der Waals surface area contributed by atoms with Gasteiger partial charge in [-0.1, -0.05) is 18.2 Å². The Labute approximate surface area is 169 Å². The summed E-state index contributed by atoms with van der Waals surface area (Å²) in [6.07, 6.45) is -1.39. The quantitative estimate of drug-likeness (QED) is 0.590. The van der Waals surface area contributed by atoms with Gasteiger partial charge >= 0.3 is 6.18 Å². The fourth-order valence-electron chi connectivity index (χ4n) is 3.72. The first-order chi connectivity index (χ1) is 14.2. The smallest absolute Gasteiger partial charge is 0.341 e. The minimum Gasteiger partial charge on any atom is -0.341 e. The van der Waals surface area contributed by atoms with Crippen LogP contribution in [0.2, 0.25) is 0 Å². The number of aromatic nitrogens is 1. The SMILES string of the molecule is O=C(Cn1ccc2ccc(-c3ccc(F)c(C(F)(F)F)c3)cc2c1=O)N1CCCC1. The number of hydrogen-bond acceptors (Lipinski definition) is 2. The van der Waals surface area contributed by atoms with Crippen LogP contribution in [0.1, 0.15) is 18.4 Å². The Morgan fingerprint density at radius 1 is 0.967 bits per heavy atom. The van der Waals surface area contributed by atoms with Crippen molar-refractivity contribution in [3.8, 4) is 11.1 Å². The Balaban J connectivity index is 1.73. The Hall–Kier alpha value is -3.16. The van der Waals surface area contributed by atoms with E-state index in [1.165, 1.54) is 22.9 Å². The molecule has 0 saturated carbocycles. The molecule has 0 atom stereocenters. The molecule has 1 aliphatic rings. The normalized spacial score (nSPS) is 14.5. The molecule has 1 amide bonds. The summed E-state index contributed by atoms with van der Waals surface area (Å²) in [4.78, 5) is 27.0. The zero-order chi connectivity index (χ0) is 21.5. The Kier molecular flexibility index (Phi) is 5.09. The van der Waals surface area contributed by atoms with Crippen molar-refractivity contribution >= 4 is 16.7 Å². The number of nitrogens with zero attached hydrogens (tertiary/aromatic N) is 2. The molecule has 156 valence electrons. The van der Waals surface area contributed by atoms with Gasteiger partial charge in [0, 0.05) is 24.7 Å². The molecule has 1 saturated heterocycles. The lowest BCUT2D eigenvalue weighted by molar-refractivity contribution is -0.140. The van der Waals surface area contributed by atoms with Crippen LogP contribution < -0.4 is 5.56 Å². The molecule has 4 rings (SSSR count). The van der Waals surface area contributed by atoms with E-state index < -0.39 is 23.1 Å². The molecule has 0 N–H and O–H groups in total. The fourth-order valence-corrected chi connectivity index (χ4v) is 3.72. The second-order valence-corrected chi connectivity index (χ2v) is 7.33. The number of pyridine rings is 1. The van der Waals surface area contributed by atoms with E-state index in [1.807, 2.05) is 0 Å². The molecule has 1 aliphatic heterocycles. The largest absolute Gasteiger partial charge is 0.419 e. The van der Waals surface area contributed by atoms with Crippen LogP contribution in [0.5, 0.6) is 0 Å². The molecule has 2 aromatic carbocycles. The summed E-state index contributed by atoms with van der Waals surface area (Å²) in [5, 5.41) is 0.883. The molecule has 3 aromatic rings. The Bertz CT molecular complexity index is 1180. The lowest BCUT2D eigenvalue weighted by atomic mass is 10.00. The summed E-state index contributed by atoms with van der Waals surface area (Å²) in [5.74, 6) is -1.49. The second-order valence-electron chi connectivity index (χ2n) is 7.33. The number of rotatable bonds is 3. The number of fused-ring (bicyclic) bond motifs is 1. The predicted molar refractivity (Wildman–Crippen MR) is 104 cm³/mol. The monoisotopic (exact) mass is 418 g/mol. The highest BCUT2D eigenvalue weighted by Crippen LogP contribution is 2.34. The highest BCUT2D eigenvalue weighted by molar-refractivity contribution is 5.87. The number of carbonyl (C=O) groups excluding carboxylic acids is 1. The van der Waals surface area contributed by atoms with Gasteiger partial charge in [-0.15, -0.1) is 0 Å². The minimum atomic E-state index is -4.82. The fraction of sp³-hybridized carbons (Fsp3) is 0.273. The van der Waals surface area contributed by atoms with Crippen LogP contribution in [0.15, 0.2) is 53.5 Å². The summed E-state index contributed by atoms with van der Waals surface area (Å²) in [6, 6.07) is 9.09. The van der Waals surface area contributed by atoms with Gasteiger partial charge in [0.05, 0.1) is 5.56 Å². The van der Waals surface area contributed by atoms with Crippen LogP contribution in [0.25, 0.3) is 21.9 Å². The molecule has 8 heteroatoms. The summed E-state index contributed by atoms with van der Waals surface area (Å²) < 4.78 is 54.0. The molecule has 0 bridgehead atoms. The van der Waals surface area contributed by atoms with Crippen LogP contribution in [0.4, 0.5) is 17.6 Å². The van der Waals surface area contributed by atoms with Crippen molar-refractivity contribution in [3.05, 3.63) is 70.4 Å². The molecule has 1 fully saturated rings. The predicted octanol–water partition coefficient (Wildman–Crippen LogP) is 4.45. The second kappa shape index (κ2) is 7.59. The average molecular weight is 418 g/mol. The number of amides is 1. The zero-order valence-corrected chi connectivity index (χ0v) is 15.9. The maximum absolute atomic E-state index is 13.6. The average Bonchev–Trinajstić information content (AvgIpc) is 3.24. The van der Waals surface area contributed by atoms with Crippen molar-refractivity contribution in [1.82, 2.24) is 9.47 Å². The van der Waals surface area contributed by atoms with Crippen LogP contribution in [-0.4, -0.2) is 28.5 Å². The topological polar surface area (TPSA) is 42.3 Å². The number of hydrogen-bond donors (Lipinski definition) is 0. The number of likely N-dealkylation sites (tertiary alicyclic amines) is 1. The minimum absolute atomic E-state index is 0.0895. The maximum atomic E-state index is 13.6. The van der Waals surface area contributed by atoms with E-state index >= 15 is 0 Å². The van der Waals surface area contributed by atoms with Gasteiger partial charge < -0.3 is 9.47 Å². The van der Waals surface area contributed by atoms with Crippen LogP contribution in [-0.2, 0) is 17.5 Å². The maximum Gasteiger partial charge on any atom is 0.419 e. The summed E-state index contributed by atoms with van der Waals surface area (Å²) in [6.45, 7) is 1.27. The Morgan fingerprint density at radius 3 is 2.33 bits per heavy atom. The van der Waals surface area contributed by atoms with Crippen molar-refractivity contribution < 1.29 is 22.4 Å².